The Morgan fingerprint density at radius 2 is 1.92 bits per heavy atom. The Morgan fingerprint density at radius 1 is 1.32 bits per heavy atom. The second-order valence-electron chi connectivity index (χ2n) is 8.12. The first-order chi connectivity index (χ1) is 11.5. The minimum atomic E-state index is -2.92. The van der Waals surface area contributed by atoms with Gasteiger partial charge in [0, 0.05) is 45.5 Å². The molecule has 0 spiro atoms. The lowest BCUT2D eigenvalue weighted by Gasteiger charge is -2.33. The van der Waals surface area contributed by atoms with Gasteiger partial charge < -0.3 is 10.6 Å². The quantitative estimate of drug-likeness (QED) is 0.385. The molecule has 0 unspecified atom stereocenters. The fourth-order valence-corrected chi connectivity index (χ4v) is 3.80. The van der Waals surface area contributed by atoms with Gasteiger partial charge in [0.1, 0.15) is 9.84 Å². The van der Waals surface area contributed by atoms with Crippen molar-refractivity contribution in [3.8, 4) is 0 Å². The molecule has 2 N–H and O–H groups in total. The molecule has 1 rings (SSSR count). The van der Waals surface area contributed by atoms with Crippen molar-refractivity contribution in [3.05, 3.63) is 12.2 Å². The molecule has 0 aliphatic carbocycles. The van der Waals surface area contributed by atoms with Gasteiger partial charge in [-0.15, -0.1) is 0 Å². The van der Waals surface area contributed by atoms with Gasteiger partial charge in [0.25, 0.3) is 0 Å². The lowest BCUT2D eigenvalue weighted by molar-refractivity contribution is 0.220. The number of hydrogen-bond donors (Lipinski definition) is 2. The molecule has 0 atom stereocenters. The van der Waals surface area contributed by atoms with Crippen LogP contribution in [-0.2, 0) is 9.84 Å². The zero-order valence-corrected chi connectivity index (χ0v) is 17.4. The van der Waals surface area contributed by atoms with Gasteiger partial charge in [-0.2, -0.15) is 0 Å². The topological polar surface area (TPSA) is 73.8 Å². The SMILES string of the molecule is C=C(C)CN1CCC(NC(=NC)NCC(C)(C)CCS(C)(=O)=O)CC1. The second-order valence-corrected chi connectivity index (χ2v) is 10.4. The Balaban J connectivity index is 2.39. The molecule has 0 aromatic rings. The van der Waals surface area contributed by atoms with E-state index in [1.165, 1.54) is 11.8 Å². The first kappa shape index (κ1) is 22.0. The molecule has 0 bridgehead atoms. The monoisotopic (exact) mass is 372 g/mol. The van der Waals surface area contributed by atoms with Crippen molar-refractivity contribution >= 4 is 15.8 Å². The van der Waals surface area contributed by atoms with Crippen LogP contribution in [0.25, 0.3) is 0 Å². The molecular weight excluding hydrogens is 336 g/mol. The summed E-state index contributed by atoms with van der Waals surface area (Å²) in [4.78, 5) is 6.75. The van der Waals surface area contributed by atoms with Crippen LogP contribution in [0.5, 0.6) is 0 Å². The summed E-state index contributed by atoms with van der Waals surface area (Å²) < 4.78 is 22.7. The molecule has 1 heterocycles. The summed E-state index contributed by atoms with van der Waals surface area (Å²) in [6.45, 7) is 14.0. The Labute approximate surface area is 154 Å². The molecule has 0 radical (unpaired) electrons. The molecule has 146 valence electrons. The maximum Gasteiger partial charge on any atom is 0.191 e. The normalized spacial score (nSPS) is 18.2. The average molecular weight is 373 g/mol. The number of piperidine rings is 1. The number of guanidine groups is 1. The highest BCUT2D eigenvalue weighted by Crippen LogP contribution is 2.20. The van der Waals surface area contributed by atoms with Gasteiger partial charge >= 0.3 is 0 Å². The molecular formula is C18H36N4O2S. The van der Waals surface area contributed by atoms with E-state index in [9.17, 15) is 8.42 Å². The number of nitrogens with zero attached hydrogens (tertiary/aromatic N) is 2. The third kappa shape index (κ3) is 9.84. The highest BCUT2D eigenvalue weighted by Gasteiger charge is 2.23. The molecule has 1 fully saturated rings. The van der Waals surface area contributed by atoms with Crippen LogP contribution >= 0.6 is 0 Å². The zero-order valence-electron chi connectivity index (χ0n) is 16.6. The Bertz CT molecular complexity index is 562. The van der Waals surface area contributed by atoms with Crippen LogP contribution in [0.15, 0.2) is 17.1 Å². The molecule has 0 amide bonds. The summed E-state index contributed by atoms with van der Waals surface area (Å²) in [5, 5.41) is 6.85. The van der Waals surface area contributed by atoms with Crippen LogP contribution in [0, 0.1) is 5.41 Å². The largest absolute Gasteiger partial charge is 0.356 e. The molecule has 0 aromatic heterocycles. The standard InChI is InChI=1S/C18H36N4O2S/c1-15(2)13-22-10-7-16(8-11-22)21-17(19-5)20-14-18(3,4)9-12-25(6,23)24/h16H,1,7-14H2,2-6H3,(H2,19,20,21). The van der Waals surface area contributed by atoms with Crippen LogP contribution < -0.4 is 10.6 Å². The zero-order chi connectivity index (χ0) is 19.1. The van der Waals surface area contributed by atoms with Gasteiger partial charge in [-0.3, -0.25) is 9.89 Å². The molecule has 1 aliphatic rings. The maximum absolute atomic E-state index is 11.4. The predicted octanol–water partition coefficient (Wildman–Crippen LogP) is 1.65. The fraction of sp³-hybridized carbons (Fsp3) is 0.833. The van der Waals surface area contributed by atoms with Crippen LogP contribution in [0.4, 0.5) is 0 Å². The molecule has 1 aliphatic heterocycles. The van der Waals surface area contributed by atoms with Crippen molar-refractivity contribution in [3.63, 3.8) is 0 Å². The van der Waals surface area contributed by atoms with E-state index in [-0.39, 0.29) is 11.2 Å². The van der Waals surface area contributed by atoms with Gasteiger partial charge in [-0.25, -0.2) is 8.42 Å². The third-order valence-corrected chi connectivity index (χ3v) is 5.48. The lowest BCUT2D eigenvalue weighted by atomic mass is 9.90. The number of likely N-dealkylation sites (tertiary alicyclic amines) is 1. The van der Waals surface area contributed by atoms with Crippen molar-refractivity contribution in [2.45, 2.75) is 46.1 Å². The Kier molecular flexibility index (Phi) is 8.41. The molecule has 6 nitrogen and oxygen atoms in total. The van der Waals surface area contributed by atoms with E-state index >= 15 is 0 Å². The van der Waals surface area contributed by atoms with Gasteiger partial charge in [0.15, 0.2) is 5.96 Å². The highest BCUT2D eigenvalue weighted by atomic mass is 32.2. The van der Waals surface area contributed by atoms with Crippen molar-refractivity contribution < 1.29 is 8.42 Å². The minimum Gasteiger partial charge on any atom is -0.356 e. The van der Waals surface area contributed by atoms with Crippen LogP contribution in [0.1, 0.15) is 40.0 Å². The predicted molar refractivity (Wildman–Crippen MR) is 107 cm³/mol. The molecule has 7 heteroatoms. The van der Waals surface area contributed by atoms with Crippen molar-refractivity contribution in [2.75, 3.05) is 45.2 Å². The van der Waals surface area contributed by atoms with Crippen LogP contribution in [-0.4, -0.2) is 70.6 Å². The van der Waals surface area contributed by atoms with Crippen LogP contribution in [0.3, 0.4) is 0 Å². The van der Waals surface area contributed by atoms with Crippen LogP contribution in [0.2, 0.25) is 0 Å². The summed E-state index contributed by atoms with van der Waals surface area (Å²) >= 11 is 0. The van der Waals surface area contributed by atoms with Gasteiger partial charge in [-0.05, 0) is 31.6 Å². The number of sulfone groups is 1. The third-order valence-electron chi connectivity index (χ3n) is 4.53. The first-order valence-electron chi connectivity index (χ1n) is 9.02. The summed E-state index contributed by atoms with van der Waals surface area (Å²) in [6, 6.07) is 0.423. The van der Waals surface area contributed by atoms with E-state index in [2.05, 4.69) is 47.9 Å². The smallest absolute Gasteiger partial charge is 0.191 e. The van der Waals surface area contributed by atoms with Gasteiger partial charge in [0.2, 0.25) is 0 Å². The number of aliphatic imine (C=N–C) groups is 1. The van der Waals surface area contributed by atoms with Crippen molar-refractivity contribution in [1.29, 1.82) is 0 Å². The van der Waals surface area contributed by atoms with E-state index in [4.69, 9.17) is 0 Å². The first-order valence-corrected chi connectivity index (χ1v) is 11.1. The summed E-state index contributed by atoms with van der Waals surface area (Å²) in [6.07, 6.45) is 4.10. The van der Waals surface area contributed by atoms with Crippen molar-refractivity contribution in [2.24, 2.45) is 10.4 Å². The van der Waals surface area contributed by atoms with E-state index < -0.39 is 9.84 Å². The Hall–Kier alpha value is -1.08. The minimum absolute atomic E-state index is 0.106. The van der Waals surface area contributed by atoms with E-state index in [0.29, 0.717) is 19.0 Å². The number of nitrogens with one attached hydrogen (secondary N) is 2. The van der Waals surface area contributed by atoms with E-state index in [1.807, 2.05) is 0 Å². The summed E-state index contributed by atoms with van der Waals surface area (Å²) in [5.74, 6) is 1.01. The molecule has 25 heavy (non-hydrogen) atoms. The summed E-state index contributed by atoms with van der Waals surface area (Å²) in [5.41, 5.74) is 1.10. The summed E-state index contributed by atoms with van der Waals surface area (Å²) in [7, 11) is -1.15. The average Bonchev–Trinajstić information content (AvgIpc) is 2.50. The molecule has 1 saturated heterocycles. The highest BCUT2D eigenvalue weighted by molar-refractivity contribution is 7.90. The molecule has 0 aromatic carbocycles. The Morgan fingerprint density at radius 3 is 2.40 bits per heavy atom. The van der Waals surface area contributed by atoms with Gasteiger partial charge in [0.05, 0.1) is 5.75 Å². The number of hydrogen-bond acceptors (Lipinski definition) is 4. The van der Waals surface area contributed by atoms with E-state index in [1.54, 1.807) is 7.05 Å². The molecule has 0 saturated carbocycles. The number of rotatable bonds is 8. The van der Waals surface area contributed by atoms with Gasteiger partial charge in [-0.1, -0.05) is 26.0 Å². The maximum atomic E-state index is 11.4. The van der Waals surface area contributed by atoms with Crippen molar-refractivity contribution in [1.82, 2.24) is 15.5 Å². The second kappa shape index (κ2) is 9.57. The van der Waals surface area contributed by atoms with E-state index in [0.717, 1.165) is 38.4 Å². The fourth-order valence-electron chi connectivity index (χ4n) is 2.88. The lowest BCUT2D eigenvalue weighted by Crippen LogP contribution is -2.50.